The lowest BCUT2D eigenvalue weighted by Gasteiger charge is -2.13. The second-order valence-corrected chi connectivity index (χ2v) is 4.94. The third-order valence-corrected chi connectivity index (χ3v) is 3.59. The molecule has 2 N–H and O–H groups in total. The zero-order chi connectivity index (χ0) is 13.1. The number of hydrogen-bond donors (Lipinski definition) is 1. The molecule has 0 aliphatic rings. The summed E-state index contributed by atoms with van der Waals surface area (Å²) in [6.45, 7) is 4.26. The minimum absolute atomic E-state index is 0.0965. The first-order valence-electron chi connectivity index (χ1n) is 6.37. The summed E-state index contributed by atoms with van der Waals surface area (Å²) in [6, 6.07) is 8.63. The van der Waals surface area contributed by atoms with Crippen LogP contribution < -0.4 is 5.73 Å². The highest BCUT2D eigenvalue weighted by molar-refractivity contribution is 5.31. The van der Waals surface area contributed by atoms with Gasteiger partial charge in [-0.3, -0.25) is 4.68 Å². The molecule has 1 unspecified atom stereocenters. The number of nitrogens with two attached hydrogens (primary N) is 1. The highest BCUT2D eigenvalue weighted by atomic mass is 15.2. The summed E-state index contributed by atoms with van der Waals surface area (Å²) < 4.78 is 1.91. The molecule has 2 aromatic rings. The van der Waals surface area contributed by atoms with Gasteiger partial charge in [0, 0.05) is 25.0 Å². The molecule has 0 aliphatic heterocycles. The van der Waals surface area contributed by atoms with Crippen molar-refractivity contribution in [2.45, 2.75) is 32.7 Å². The summed E-state index contributed by atoms with van der Waals surface area (Å²) in [5.74, 6) is 0. The molecule has 1 aromatic carbocycles. The standard InChI is InChI=1S/C15H21N3/c1-11-4-5-13(10-12(11)2)15(16)7-6-14-8-9-17-18(14)3/h4-5,8-10,15H,6-7,16H2,1-3H3. The van der Waals surface area contributed by atoms with Crippen molar-refractivity contribution in [2.24, 2.45) is 12.8 Å². The molecular weight excluding hydrogens is 222 g/mol. The van der Waals surface area contributed by atoms with Crippen LogP contribution in [0.2, 0.25) is 0 Å². The van der Waals surface area contributed by atoms with Gasteiger partial charge in [-0.1, -0.05) is 18.2 Å². The lowest BCUT2D eigenvalue weighted by Crippen LogP contribution is -2.12. The second kappa shape index (κ2) is 5.36. The van der Waals surface area contributed by atoms with Crippen molar-refractivity contribution < 1.29 is 0 Å². The molecule has 0 saturated heterocycles. The number of aryl methyl sites for hydroxylation is 4. The first-order chi connectivity index (χ1) is 8.58. The van der Waals surface area contributed by atoms with Gasteiger partial charge in [0.05, 0.1) is 0 Å². The smallest absolute Gasteiger partial charge is 0.0492 e. The largest absolute Gasteiger partial charge is 0.324 e. The van der Waals surface area contributed by atoms with Crippen molar-refractivity contribution in [3.63, 3.8) is 0 Å². The molecule has 1 atom stereocenters. The van der Waals surface area contributed by atoms with Gasteiger partial charge in [-0.2, -0.15) is 5.10 Å². The van der Waals surface area contributed by atoms with E-state index in [4.69, 9.17) is 5.73 Å². The molecule has 18 heavy (non-hydrogen) atoms. The zero-order valence-electron chi connectivity index (χ0n) is 11.4. The monoisotopic (exact) mass is 243 g/mol. The summed E-state index contributed by atoms with van der Waals surface area (Å²) in [5.41, 5.74) is 11.3. The van der Waals surface area contributed by atoms with Gasteiger partial charge in [0.15, 0.2) is 0 Å². The molecule has 0 radical (unpaired) electrons. The van der Waals surface area contributed by atoms with E-state index in [0.717, 1.165) is 12.8 Å². The maximum Gasteiger partial charge on any atom is 0.0492 e. The Bertz CT molecular complexity index is 528. The quantitative estimate of drug-likeness (QED) is 0.897. The van der Waals surface area contributed by atoms with E-state index in [-0.39, 0.29) is 6.04 Å². The average molecular weight is 243 g/mol. The van der Waals surface area contributed by atoms with Crippen molar-refractivity contribution >= 4 is 0 Å². The van der Waals surface area contributed by atoms with Gasteiger partial charge >= 0.3 is 0 Å². The molecule has 3 heteroatoms. The molecule has 0 aliphatic carbocycles. The van der Waals surface area contributed by atoms with Crippen molar-refractivity contribution in [1.82, 2.24) is 9.78 Å². The first kappa shape index (κ1) is 12.8. The van der Waals surface area contributed by atoms with Gasteiger partial charge in [-0.25, -0.2) is 0 Å². The van der Waals surface area contributed by atoms with E-state index in [9.17, 15) is 0 Å². The van der Waals surface area contributed by atoms with Crippen molar-refractivity contribution in [2.75, 3.05) is 0 Å². The topological polar surface area (TPSA) is 43.8 Å². The summed E-state index contributed by atoms with van der Waals surface area (Å²) >= 11 is 0. The van der Waals surface area contributed by atoms with Gasteiger partial charge in [0.2, 0.25) is 0 Å². The van der Waals surface area contributed by atoms with Crippen LogP contribution in [0.1, 0.15) is 34.8 Å². The third-order valence-electron chi connectivity index (χ3n) is 3.59. The van der Waals surface area contributed by atoms with Gasteiger partial charge < -0.3 is 5.73 Å². The fraction of sp³-hybridized carbons (Fsp3) is 0.400. The van der Waals surface area contributed by atoms with Crippen LogP contribution >= 0.6 is 0 Å². The minimum Gasteiger partial charge on any atom is -0.324 e. The fourth-order valence-corrected chi connectivity index (χ4v) is 2.11. The SMILES string of the molecule is Cc1ccc(C(N)CCc2ccnn2C)cc1C. The summed E-state index contributed by atoms with van der Waals surface area (Å²) in [6.07, 6.45) is 3.74. The molecule has 0 spiro atoms. The zero-order valence-corrected chi connectivity index (χ0v) is 11.4. The van der Waals surface area contributed by atoms with E-state index in [1.807, 2.05) is 24.0 Å². The van der Waals surface area contributed by atoms with Gasteiger partial charge in [0.25, 0.3) is 0 Å². The molecule has 0 amide bonds. The average Bonchev–Trinajstić information content (AvgIpc) is 2.75. The van der Waals surface area contributed by atoms with Crippen LogP contribution in [0.15, 0.2) is 30.5 Å². The predicted molar refractivity (Wildman–Crippen MR) is 74.4 cm³/mol. The van der Waals surface area contributed by atoms with E-state index in [1.165, 1.54) is 22.4 Å². The Morgan fingerprint density at radius 2 is 2.00 bits per heavy atom. The van der Waals surface area contributed by atoms with Crippen LogP contribution in [0.4, 0.5) is 0 Å². The van der Waals surface area contributed by atoms with Gasteiger partial charge in [0.1, 0.15) is 0 Å². The Kier molecular flexibility index (Phi) is 3.82. The van der Waals surface area contributed by atoms with E-state index in [1.54, 1.807) is 0 Å². The number of aromatic nitrogens is 2. The Morgan fingerprint density at radius 1 is 1.22 bits per heavy atom. The fourth-order valence-electron chi connectivity index (χ4n) is 2.11. The minimum atomic E-state index is 0.0965. The van der Waals surface area contributed by atoms with E-state index >= 15 is 0 Å². The Morgan fingerprint density at radius 3 is 2.61 bits per heavy atom. The van der Waals surface area contributed by atoms with E-state index in [0.29, 0.717) is 0 Å². The maximum absolute atomic E-state index is 6.25. The molecule has 2 rings (SSSR count). The summed E-state index contributed by atoms with van der Waals surface area (Å²) in [7, 11) is 1.97. The molecule has 0 bridgehead atoms. The predicted octanol–water partition coefficient (Wildman–Crippen LogP) is 2.67. The number of rotatable bonds is 4. The van der Waals surface area contributed by atoms with Crippen molar-refractivity contribution in [1.29, 1.82) is 0 Å². The maximum atomic E-state index is 6.25. The molecule has 3 nitrogen and oxygen atoms in total. The normalized spacial score (nSPS) is 12.7. The second-order valence-electron chi connectivity index (χ2n) is 4.94. The highest BCUT2D eigenvalue weighted by Gasteiger charge is 2.08. The first-order valence-corrected chi connectivity index (χ1v) is 6.37. The molecule has 1 heterocycles. The van der Waals surface area contributed by atoms with Crippen LogP contribution in [-0.4, -0.2) is 9.78 Å². The lowest BCUT2D eigenvalue weighted by atomic mass is 9.98. The van der Waals surface area contributed by atoms with Crippen LogP contribution in [0, 0.1) is 13.8 Å². The number of nitrogens with zero attached hydrogens (tertiary/aromatic N) is 2. The Balaban J connectivity index is 2.01. The summed E-state index contributed by atoms with van der Waals surface area (Å²) in [4.78, 5) is 0. The number of benzene rings is 1. The van der Waals surface area contributed by atoms with Crippen molar-refractivity contribution in [3.8, 4) is 0 Å². The molecule has 1 aromatic heterocycles. The van der Waals surface area contributed by atoms with E-state index < -0.39 is 0 Å². The van der Waals surface area contributed by atoms with Crippen molar-refractivity contribution in [3.05, 3.63) is 52.8 Å². The Hall–Kier alpha value is -1.61. The van der Waals surface area contributed by atoms with Crippen LogP contribution in [0.3, 0.4) is 0 Å². The van der Waals surface area contributed by atoms with Gasteiger partial charge in [-0.15, -0.1) is 0 Å². The molecule has 0 saturated carbocycles. The number of hydrogen-bond acceptors (Lipinski definition) is 2. The molecule has 96 valence electrons. The van der Waals surface area contributed by atoms with E-state index in [2.05, 4.69) is 37.1 Å². The van der Waals surface area contributed by atoms with Crippen LogP contribution in [0.25, 0.3) is 0 Å². The third kappa shape index (κ3) is 2.79. The molecule has 0 fully saturated rings. The lowest BCUT2D eigenvalue weighted by molar-refractivity contribution is 0.613. The summed E-state index contributed by atoms with van der Waals surface area (Å²) in [5, 5.41) is 4.17. The Labute approximate surface area is 109 Å². The van der Waals surface area contributed by atoms with Gasteiger partial charge in [-0.05, 0) is 49.4 Å². The van der Waals surface area contributed by atoms with Crippen LogP contribution in [0.5, 0.6) is 0 Å². The highest BCUT2D eigenvalue weighted by Crippen LogP contribution is 2.19. The molecular formula is C15H21N3. The van der Waals surface area contributed by atoms with Crippen LogP contribution in [-0.2, 0) is 13.5 Å².